The Morgan fingerprint density at radius 1 is 1.42 bits per heavy atom. The molecule has 0 aliphatic carbocycles. The Morgan fingerprint density at radius 3 is 2.25 bits per heavy atom. The summed E-state index contributed by atoms with van der Waals surface area (Å²) in [6.07, 6.45) is 0.330. The lowest BCUT2D eigenvalue weighted by Crippen LogP contribution is -2.25. The maximum Gasteiger partial charge on any atom is 0.213 e. The smallest absolute Gasteiger partial charge is 0.213 e. The fourth-order valence-electron chi connectivity index (χ4n) is 0.537. The van der Waals surface area contributed by atoms with Gasteiger partial charge in [0.05, 0.1) is 5.75 Å². The zero-order valence-corrected chi connectivity index (χ0v) is 9.38. The summed E-state index contributed by atoms with van der Waals surface area (Å²) in [7, 11) is 3.50. The number of rotatable bonds is 5. The highest BCUT2D eigenvalue weighted by Crippen LogP contribution is 1.99. The van der Waals surface area contributed by atoms with Crippen molar-refractivity contribution in [3.8, 4) is 0 Å². The summed E-state index contributed by atoms with van der Waals surface area (Å²) < 4.78 is 33.7. The Labute approximate surface area is 79.9 Å². The molecule has 74 valence electrons. The van der Waals surface area contributed by atoms with E-state index in [-0.39, 0.29) is 11.5 Å². The van der Waals surface area contributed by atoms with E-state index in [1.54, 1.807) is 0 Å². The van der Waals surface area contributed by atoms with Crippen molar-refractivity contribution in [2.45, 2.75) is 6.42 Å². The summed E-state index contributed by atoms with van der Waals surface area (Å²) in [6.45, 7) is 0. The molecule has 0 amide bonds. The van der Waals surface area contributed by atoms with Crippen molar-refractivity contribution in [3.05, 3.63) is 0 Å². The molecule has 0 fully saturated rings. The van der Waals surface area contributed by atoms with Gasteiger partial charge in [0.1, 0.15) is 10.0 Å². The van der Waals surface area contributed by atoms with Crippen LogP contribution in [0.2, 0.25) is 0 Å². The van der Waals surface area contributed by atoms with Crippen LogP contribution in [0.4, 0.5) is 0 Å². The van der Waals surface area contributed by atoms with Gasteiger partial charge in [-0.15, -0.1) is 0 Å². The van der Waals surface area contributed by atoms with Crippen LogP contribution in [-0.4, -0.2) is 42.5 Å². The summed E-state index contributed by atoms with van der Waals surface area (Å²) in [5.41, 5.74) is 0. The molecule has 0 aromatic rings. The number of hydrogen-bond donors (Lipinski definition) is 0. The van der Waals surface area contributed by atoms with Gasteiger partial charge in [-0.1, -0.05) is 0 Å². The molecule has 12 heavy (non-hydrogen) atoms. The van der Waals surface area contributed by atoms with E-state index in [2.05, 4.69) is 0 Å². The second-order valence-electron chi connectivity index (χ2n) is 2.45. The van der Waals surface area contributed by atoms with Gasteiger partial charge in [0.2, 0.25) is 10.0 Å². The molecule has 0 N–H and O–H groups in total. The molecule has 0 radical (unpaired) electrons. The zero-order valence-electron chi connectivity index (χ0n) is 6.99. The van der Waals surface area contributed by atoms with E-state index in [1.807, 2.05) is 0 Å². The van der Waals surface area contributed by atoms with Crippen LogP contribution in [0.15, 0.2) is 0 Å². The van der Waals surface area contributed by atoms with Crippen molar-refractivity contribution < 1.29 is 12.6 Å². The predicted octanol–water partition coefficient (Wildman–Crippen LogP) is 0.170. The molecule has 0 spiro atoms. The number of nitrogens with zero attached hydrogens (tertiary/aromatic N) is 1. The first-order valence-electron chi connectivity index (χ1n) is 3.31. The molecule has 0 bridgehead atoms. The second-order valence-corrected chi connectivity index (χ2v) is 6.77. The third-order valence-electron chi connectivity index (χ3n) is 1.26. The van der Waals surface area contributed by atoms with Crippen LogP contribution in [0.1, 0.15) is 6.42 Å². The van der Waals surface area contributed by atoms with Crippen molar-refractivity contribution >= 4 is 30.7 Å². The largest absolute Gasteiger partial charge is 0.243 e. The molecule has 1 unspecified atom stereocenters. The Morgan fingerprint density at radius 2 is 1.92 bits per heavy atom. The highest BCUT2D eigenvalue weighted by molar-refractivity contribution is 8.08. The van der Waals surface area contributed by atoms with Crippen LogP contribution >= 0.6 is 10.7 Å². The first-order chi connectivity index (χ1) is 5.36. The van der Waals surface area contributed by atoms with Crippen LogP contribution in [0.5, 0.6) is 0 Å². The minimum atomic E-state index is -3.15. The summed E-state index contributed by atoms with van der Waals surface area (Å²) >= 11 is 0. The topological polar surface area (TPSA) is 54.5 Å². The highest BCUT2D eigenvalue weighted by Gasteiger charge is 2.12. The number of hydrogen-bond acceptors (Lipinski definition) is 3. The monoisotopic (exact) mass is 233 g/mol. The Balaban J connectivity index is 3.86. The van der Waals surface area contributed by atoms with Crippen molar-refractivity contribution in [3.63, 3.8) is 0 Å². The summed E-state index contributed by atoms with van der Waals surface area (Å²) in [6, 6.07) is 0. The summed E-state index contributed by atoms with van der Waals surface area (Å²) in [5, 5.41) is 0. The molecule has 0 aliphatic heterocycles. The first-order valence-corrected chi connectivity index (χ1v) is 7.06. The Hall–Kier alpha value is 0.350. The van der Waals surface area contributed by atoms with Gasteiger partial charge in [-0.25, -0.2) is 16.9 Å². The fourth-order valence-corrected chi connectivity index (χ4v) is 2.29. The van der Waals surface area contributed by atoms with Crippen molar-refractivity contribution in [2.75, 3.05) is 25.6 Å². The van der Waals surface area contributed by atoms with Crippen molar-refractivity contribution in [1.29, 1.82) is 0 Å². The fraction of sp³-hybridized carbons (Fsp3) is 1.00. The molecule has 0 aromatic carbocycles. The van der Waals surface area contributed by atoms with Gasteiger partial charge in [0.15, 0.2) is 0 Å². The van der Waals surface area contributed by atoms with E-state index in [0.717, 1.165) is 4.31 Å². The lowest BCUT2D eigenvalue weighted by Gasteiger charge is -2.09. The van der Waals surface area contributed by atoms with Crippen LogP contribution in [0, 0.1) is 0 Å². The van der Waals surface area contributed by atoms with E-state index in [1.165, 1.54) is 14.1 Å². The van der Waals surface area contributed by atoms with Crippen molar-refractivity contribution in [2.24, 2.45) is 0 Å². The van der Waals surface area contributed by atoms with Crippen molar-refractivity contribution in [1.82, 2.24) is 4.31 Å². The molecule has 0 rings (SSSR count). The summed E-state index contributed by atoms with van der Waals surface area (Å²) in [4.78, 5) is 0. The average molecular weight is 234 g/mol. The molecule has 1 atom stereocenters. The maximum absolute atomic E-state index is 11.1. The third-order valence-corrected chi connectivity index (χ3v) is 4.25. The Kier molecular flexibility index (Phi) is 5.31. The normalized spacial score (nSPS) is 15.0. The van der Waals surface area contributed by atoms with Crippen LogP contribution in [0.25, 0.3) is 0 Å². The molecule has 7 heteroatoms. The molecule has 0 aromatic heterocycles. The van der Waals surface area contributed by atoms with Crippen LogP contribution < -0.4 is 0 Å². The van der Waals surface area contributed by atoms with Gasteiger partial charge in [0.25, 0.3) is 0 Å². The predicted molar refractivity (Wildman–Crippen MR) is 51.0 cm³/mol. The maximum atomic E-state index is 11.1. The van der Waals surface area contributed by atoms with Gasteiger partial charge in [-0.3, -0.25) is 0 Å². The number of sulfonamides is 1. The van der Waals surface area contributed by atoms with Crippen LogP contribution in [-0.2, 0) is 20.0 Å². The molecule has 0 saturated heterocycles. The zero-order chi connectivity index (χ0) is 9.78. The number of halogens is 1. The van der Waals surface area contributed by atoms with E-state index >= 15 is 0 Å². The standard InChI is InChI=1S/C5H12ClNO3S2/c1-7(2)12(9,10)5-3-4-11(6)8/h3-5H2,1-2H3. The third kappa shape index (κ3) is 5.08. The molecule has 0 aliphatic rings. The molecule has 0 heterocycles. The second kappa shape index (κ2) is 5.16. The van der Waals surface area contributed by atoms with E-state index in [9.17, 15) is 12.6 Å². The van der Waals surface area contributed by atoms with Gasteiger partial charge >= 0.3 is 0 Å². The Bertz CT molecular complexity index is 249. The molecular formula is C5H12ClNO3S2. The first kappa shape index (κ1) is 12.3. The average Bonchev–Trinajstić information content (AvgIpc) is 1.85. The van der Waals surface area contributed by atoms with Gasteiger partial charge in [-0.2, -0.15) is 0 Å². The molecule has 0 saturated carbocycles. The van der Waals surface area contributed by atoms with E-state index in [0.29, 0.717) is 6.42 Å². The van der Waals surface area contributed by atoms with Gasteiger partial charge in [0, 0.05) is 19.8 Å². The minimum absolute atomic E-state index is 0.00153. The molecule has 4 nitrogen and oxygen atoms in total. The summed E-state index contributed by atoms with van der Waals surface area (Å²) in [5.74, 6) is 0.215. The SMILES string of the molecule is CN(C)S(=O)(=O)CCCS(=O)Cl. The molecular weight excluding hydrogens is 222 g/mol. The lowest BCUT2D eigenvalue weighted by atomic mass is 10.6. The van der Waals surface area contributed by atoms with Gasteiger partial charge in [-0.05, 0) is 17.1 Å². The lowest BCUT2D eigenvalue weighted by molar-refractivity contribution is 0.519. The van der Waals surface area contributed by atoms with E-state index in [4.69, 9.17) is 10.7 Å². The van der Waals surface area contributed by atoms with Gasteiger partial charge < -0.3 is 0 Å². The van der Waals surface area contributed by atoms with Crippen LogP contribution in [0.3, 0.4) is 0 Å². The quantitative estimate of drug-likeness (QED) is 0.637. The minimum Gasteiger partial charge on any atom is -0.243 e. The van der Waals surface area contributed by atoms with E-state index < -0.39 is 20.0 Å². The highest BCUT2D eigenvalue weighted by atomic mass is 35.7.